The van der Waals surface area contributed by atoms with Crippen molar-refractivity contribution in [2.24, 2.45) is 0 Å². The van der Waals surface area contributed by atoms with Crippen molar-refractivity contribution in [3.05, 3.63) is 82.9 Å². The number of rotatable bonds is 4. The fourth-order valence-electron chi connectivity index (χ4n) is 3.70. The van der Waals surface area contributed by atoms with E-state index in [2.05, 4.69) is 15.3 Å². The van der Waals surface area contributed by atoms with Crippen LogP contribution in [-0.2, 0) is 4.74 Å². The highest BCUT2D eigenvalue weighted by atomic mass is 16.5. The quantitative estimate of drug-likeness (QED) is 0.673. The lowest BCUT2D eigenvalue weighted by molar-refractivity contribution is 0.0522. The van der Waals surface area contributed by atoms with Gasteiger partial charge in [-0.1, -0.05) is 36.4 Å². The first-order valence-corrected chi connectivity index (χ1v) is 9.27. The third-order valence-corrected chi connectivity index (χ3v) is 4.91. The van der Waals surface area contributed by atoms with E-state index in [1.165, 1.54) is 0 Å². The van der Waals surface area contributed by atoms with Crippen LogP contribution in [-0.4, -0.2) is 28.3 Å². The summed E-state index contributed by atoms with van der Waals surface area (Å²) >= 11 is 0. The molecular weight excluding hydrogens is 354 g/mol. The first-order chi connectivity index (χ1) is 13.6. The lowest BCUT2D eigenvalue weighted by atomic mass is 9.79. The molecule has 4 rings (SSSR count). The number of nitrogens with one attached hydrogen (secondary N) is 2. The molecule has 0 radical (unpaired) electrons. The predicted octanol–water partition coefficient (Wildman–Crippen LogP) is 4.03. The fourth-order valence-corrected chi connectivity index (χ4v) is 3.70. The second-order valence-electron chi connectivity index (χ2n) is 6.77. The van der Waals surface area contributed by atoms with Gasteiger partial charge in [0, 0.05) is 17.6 Å². The number of H-pyrrole nitrogens is 1. The van der Waals surface area contributed by atoms with Gasteiger partial charge >= 0.3 is 5.97 Å². The van der Waals surface area contributed by atoms with Crippen molar-refractivity contribution in [2.45, 2.75) is 25.8 Å². The number of anilines is 1. The van der Waals surface area contributed by atoms with Crippen LogP contribution in [0, 0.1) is 6.92 Å². The minimum absolute atomic E-state index is 0.123. The highest BCUT2D eigenvalue weighted by molar-refractivity contribution is 6.14. The summed E-state index contributed by atoms with van der Waals surface area (Å²) in [4.78, 5) is 33.8. The van der Waals surface area contributed by atoms with Gasteiger partial charge in [0.05, 0.1) is 29.7 Å². The van der Waals surface area contributed by atoms with E-state index < -0.39 is 11.9 Å². The Morgan fingerprint density at radius 1 is 1.14 bits per heavy atom. The number of aromatic amines is 1. The summed E-state index contributed by atoms with van der Waals surface area (Å²) in [6.45, 7) is 3.92. The first-order valence-electron chi connectivity index (χ1n) is 9.27. The number of hydrogen-bond donors (Lipinski definition) is 2. The van der Waals surface area contributed by atoms with Crippen LogP contribution < -0.4 is 5.32 Å². The van der Waals surface area contributed by atoms with E-state index in [0.717, 1.165) is 11.3 Å². The molecule has 1 aliphatic rings. The third-order valence-electron chi connectivity index (χ3n) is 4.91. The molecule has 6 nitrogen and oxygen atoms in total. The van der Waals surface area contributed by atoms with Gasteiger partial charge in [0.2, 0.25) is 0 Å². The van der Waals surface area contributed by atoms with Crippen LogP contribution in [0.15, 0.2) is 54.7 Å². The minimum atomic E-state index is -0.519. The number of ketones is 1. The number of esters is 1. The molecule has 2 unspecified atom stereocenters. The lowest BCUT2D eigenvalue weighted by Gasteiger charge is -2.33. The molecular formula is C22H21N3O3. The number of hydrogen-bond acceptors (Lipinski definition) is 5. The van der Waals surface area contributed by atoms with Crippen molar-refractivity contribution in [1.82, 2.24) is 9.97 Å². The second-order valence-corrected chi connectivity index (χ2v) is 6.77. The van der Waals surface area contributed by atoms with E-state index in [0.29, 0.717) is 17.1 Å². The Kier molecular flexibility index (Phi) is 4.69. The van der Waals surface area contributed by atoms with Crippen LogP contribution >= 0.6 is 0 Å². The molecule has 0 aliphatic carbocycles. The maximum Gasteiger partial charge on any atom is 0.338 e. The van der Waals surface area contributed by atoms with E-state index in [4.69, 9.17) is 4.74 Å². The van der Waals surface area contributed by atoms with Gasteiger partial charge in [-0.05, 0) is 31.5 Å². The van der Waals surface area contributed by atoms with Gasteiger partial charge in [0.15, 0.2) is 5.78 Å². The zero-order chi connectivity index (χ0) is 19.7. The molecule has 0 amide bonds. The number of nitrogens with zero attached hydrogens (tertiary/aromatic N) is 1. The van der Waals surface area contributed by atoms with E-state index in [-0.39, 0.29) is 24.0 Å². The summed E-state index contributed by atoms with van der Waals surface area (Å²) in [6, 6.07) is 14.4. The van der Waals surface area contributed by atoms with E-state index in [1.54, 1.807) is 31.3 Å². The molecule has 28 heavy (non-hydrogen) atoms. The van der Waals surface area contributed by atoms with Crippen molar-refractivity contribution < 1.29 is 14.3 Å². The molecule has 2 N–H and O–H groups in total. The predicted molar refractivity (Wildman–Crippen MR) is 106 cm³/mol. The zero-order valence-electron chi connectivity index (χ0n) is 15.7. The molecule has 142 valence electrons. The molecule has 2 atom stereocenters. The molecule has 0 saturated carbocycles. The maximum absolute atomic E-state index is 13.6. The van der Waals surface area contributed by atoms with Gasteiger partial charge < -0.3 is 15.0 Å². The molecule has 0 saturated heterocycles. The number of aryl methyl sites for hydroxylation is 1. The van der Waals surface area contributed by atoms with Crippen molar-refractivity contribution in [3.63, 3.8) is 0 Å². The average molecular weight is 375 g/mol. The minimum Gasteiger partial charge on any atom is -0.462 e. The smallest absolute Gasteiger partial charge is 0.338 e. The molecule has 1 aliphatic heterocycles. The molecule has 6 heteroatoms. The summed E-state index contributed by atoms with van der Waals surface area (Å²) in [5, 5.41) is 3.42. The van der Waals surface area contributed by atoms with Crippen molar-refractivity contribution in [3.8, 4) is 0 Å². The number of ether oxygens (including phenoxy) is 1. The molecule has 2 heterocycles. The van der Waals surface area contributed by atoms with Gasteiger partial charge in [0.25, 0.3) is 0 Å². The molecule has 1 aromatic heterocycles. The summed E-state index contributed by atoms with van der Waals surface area (Å²) in [6.07, 6.45) is 1.74. The Balaban J connectivity index is 1.87. The number of imidazole rings is 1. The standard InChI is InChI=1S/C22H21N3O3/c1-3-28-22(27)15-10-7-11-16-18(15)20(26)17(14-8-5-4-6-9-14)19(25-16)21-23-12-13(2)24-21/h4-12,17,19,25H,3H2,1-2H3,(H,23,24). The van der Waals surface area contributed by atoms with Crippen LogP contribution in [0.5, 0.6) is 0 Å². The Hall–Kier alpha value is -3.41. The van der Waals surface area contributed by atoms with Crippen molar-refractivity contribution in [1.29, 1.82) is 0 Å². The number of fused-ring (bicyclic) bond motifs is 1. The summed E-state index contributed by atoms with van der Waals surface area (Å²) in [5.41, 5.74) is 3.05. The monoisotopic (exact) mass is 375 g/mol. The lowest BCUT2D eigenvalue weighted by Crippen LogP contribution is -2.34. The van der Waals surface area contributed by atoms with Gasteiger partial charge in [-0.2, -0.15) is 0 Å². The number of carbonyl (C=O) groups excluding carboxylic acids is 2. The molecule has 0 spiro atoms. The largest absolute Gasteiger partial charge is 0.462 e. The number of Topliss-reactive ketones (excluding diaryl/α,β-unsaturated/α-hetero) is 1. The highest BCUT2D eigenvalue weighted by Crippen LogP contribution is 2.42. The van der Waals surface area contributed by atoms with Gasteiger partial charge in [-0.15, -0.1) is 0 Å². The highest BCUT2D eigenvalue weighted by Gasteiger charge is 2.40. The Labute approximate surface area is 163 Å². The molecule has 0 bridgehead atoms. The number of carbonyl (C=O) groups is 2. The zero-order valence-corrected chi connectivity index (χ0v) is 15.7. The first kappa shape index (κ1) is 18.0. The van der Waals surface area contributed by atoms with Crippen LogP contribution in [0.2, 0.25) is 0 Å². The van der Waals surface area contributed by atoms with Crippen molar-refractivity contribution in [2.75, 3.05) is 11.9 Å². The number of aromatic nitrogens is 2. The molecule has 2 aromatic carbocycles. The summed E-state index contributed by atoms with van der Waals surface area (Å²) in [5.74, 6) is -0.446. The Morgan fingerprint density at radius 2 is 1.93 bits per heavy atom. The van der Waals surface area contributed by atoms with Crippen LogP contribution in [0.25, 0.3) is 0 Å². The summed E-state index contributed by atoms with van der Waals surface area (Å²) < 4.78 is 5.16. The Morgan fingerprint density at radius 3 is 2.61 bits per heavy atom. The summed E-state index contributed by atoms with van der Waals surface area (Å²) in [7, 11) is 0. The van der Waals surface area contributed by atoms with E-state index >= 15 is 0 Å². The Bertz CT molecular complexity index is 1030. The van der Waals surface area contributed by atoms with E-state index in [1.807, 2.05) is 37.3 Å². The third kappa shape index (κ3) is 3.07. The fraction of sp³-hybridized carbons (Fsp3) is 0.227. The van der Waals surface area contributed by atoms with Crippen LogP contribution in [0.1, 0.15) is 56.7 Å². The van der Waals surface area contributed by atoms with Gasteiger partial charge in [-0.3, -0.25) is 4.79 Å². The number of benzene rings is 2. The normalized spacial score (nSPS) is 18.3. The molecule has 3 aromatic rings. The average Bonchev–Trinajstić information content (AvgIpc) is 3.14. The van der Waals surface area contributed by atoms with Crippen LogP contribution in [0.3, 0.4) is 0 Å². The van der Waals surface area contributed by atoms with Crippen molar-refractivity contribution >= 4 is 17.4 Å². The van der Waals surface area contributed by atoms with Gasteiger partial charge in [0.1, 0.15) is 5.82 Å². The maximum atomic E-state index is 13.6. The van der Waals surface area contributed by atoms with E-state index in [9.17, 15) is 9.59 Å². The second kappa shape index (κ2) is 7.31. The topological polar surface area (TPSA) is 84.1 Å². The van der Waals surface area contributed by atoms with Gasteiger partial charge in [-0.25, -0.2) is 9.78 Å². The molecule has 0 fully saturated rings. The SMILES string of the molecule is CCOC(=O)c1cccc2c1C(=O)C(c1ccccc1)C(c1ncc(C)[nH]1)N2. The van der Waals surface area contributed by atoms with Crippen LogP contribution in [0.4, 0.5) is 5.69 Å².